The Bertz CT molecular complexity index is 1690. The lowest BCUT2D eigenvalue weighted by Gasteiger charge is -2.18. The first kappa shape index (κ1) is 27.9. The Balaban J connectivity index is 1.67. The largest absolute Gasteiger partial charge is 0.493 e. The molecule has 2 aromatic carbocycles. The van der Waals surface area contributed by atoms with E-state index in [9.17, 15) is 9.59 Å². The summed E-state index contributed by atoms with van der Waals surface area (Å²) < 4.78 is 14.9. The van der Waals surface area contributed by atoms with Gasteiger partial charge in [0.25, 0.3) is 5.91 Å². The van der Waals surface area contributed by atoms with Crippen molar-refractivity contribution in [2.45, 2.75) is 53.6 Å². The molecule has 0 bridgehead atoms. The second-order valence-electron chi connectivity index (χ2n) is 10.3. The molecule has 41 heavy (non-hydrogen) atoms. The maximum absolute atomic E-state index is 14.1. The Morgan fingerprint density at radius 2 is 1.90 bits per heavy atom. The van der Waals surface area contributed by atoms with Gasteiger partial charge < -0.3 is 19.8 Å². The highest BCUT2D eigenvalue weighted by Crippen LogP contribution is 2.37. The number of carbonyl (C=O) groups excluding carboxylic acids is 1. The second-order valence-corrected chi connectivity index (χ2v) is 10.3. The number of benzene rings is 2. The van der Waals surface area contributed by atoms with Crippen molar-refractivity contribution >= 4 is 11.6 Å². The molecule has 5 rings (SSSR count). The van der Waals surface area contributed by atoms with Gasteiger partial charge >= 0.3 is 5.69 Å². The maximum atomic E-state index is 14.1. The zero-order valence-electron chi connectivity index (χ0n) is 24.2. The molecule has 0 aliphatic carbocycles. The fourth-order valence-electron chi connectivity index (χ4n) is 5.49. The first-order chi connectivity index (χ1) is 19.8. The van der Waals surface area contributed by atoms with Crippen molar-refractivity contribution in [1.29, 1.82) is 0 Å². The number of hydrogen-bond donors (Lipinski definition) is 2. The number of aryl methyl sites for hydroxylation is 4. The van der Waals surface area contributed by atoms with E-state index in [0.717, 1.165) is 52.0 Å². The number of amides is 1. The van der Waals surface area contributed by atoms with E-state index in [1.54, 1.807) is 16.2 Å². The van der Waals surface area contributed by atoms with Crippen LogP contribution in [0, 0.1) is 20.8 Å². The lowest BCUT2D eigenvalue weighted by molar-refractivity contribution is 0.0947. The molecule has 10 heteroatoms. The Kier molecular flexibility index (Phi) is 8.09. The van der Waals surface area contributed by atoms with Gasteiger partial charge in [0.1, 0.15) is 11.2 Å². The van der Waals surface area contributed by atoms with Gasteiger partial charge in [0.2, 0.25) is 0 Å². The minimum atomic E-state index is -0.284. The molecule has 1 aliphatic rings. The zero-order valence-corrected chi connectivity index (χ0v) is 24.2. The lowest BCUT2D eigenvalue weighted by Crippen LogP contribution is -2.43. The van der Waals surface area contributed by atoms with Crippen LogP contribution in [-0.2, 0) is 19.5 Å². The van der Waals surface area contributed by atoms with E-state index in [0.29, 0.717) is 35.8 Å². The third-order valence-corrected chi connectivity index (χ3v) is 7.31. The van der Waals surface area contributed by atoms with E-state index in [1.165, 1.54) is 12.5 Å². The number of methoxy groups -OCH3 is 1. The number of nitrogens with one attached hydrogen (secondary N) is 2. The van der Waals surface area contributed by atoms with Crippen molar-refractivity contribution < 1.29 is 14.3 Å². The number of nitrogens with zero attached hydrogens (tertiary/aromatic N) is 4. The number of aromatic amines is 1. The fraction of sp³-hybridized carbons (Fsp3) is 0.355. The Labute approximate surface area is 238 Å². The maximum Gasteiger partial charge on any atom is 0.330 e. The predicted octanol–water partition coefficient (Wildman–Crippen LogP) is 3.98. The molecule has 0 unspecified atom stereocenters. The van der Waals surface area contributed by atoms with Gasteiger partial charge in [-0.1, -0.05) is 17.7 Å². The Hall–Kier alpha value is -4.60. The molecule has 2 aromatic heterocycles. The summed E-state index contributed by atoms with van der Waals surface area (Å²) in [6.07, 6.45) is 4.51. The van der Waals surface area contributed by atoms with E-state index in [1.807, 2.05) is 39.0 Å². The van der Waals surface area contributed by atoms with E-state index < -0.39 is 0 Å². The van der Waals surface area contributed by atoms with Gasteiger partial charge in [-0.2, -0.15) is 0 Å². The summed E-state index contributed by atoms with van der Waals surface area (Å²) >= 11 is 0. The van der Waals surface area contributed by atoms with Gasteiger partial charge in [-0.25, -0.2) is 14.8 Å². The molecule has 0 saturated heterocycles. The van der Waals surface area contributed by atoms with Crippen molar-refractivity contribution in [2.24, 2.45) is 4.99 Å². The number of aromatic nitrogens is 4. The summed E-state index contributed by atoms with van der Waals surface area (Å²) in [5, 5.41) is 2.87. The van der Waals surface area contributed by atoms with Crippen molar-refractivity contribution in [3.05, 3.63) is 86.8 Å². The lowest BCUT2D eigenvalue weighted by atomic mass is 10.0. The normalized spacial score (nSPS) is 12.9. The van der Waals surface area contributed by atoms with Crippen molar-refractivity contribution in [3.63, 3.8) is 0 Å². The molecule has 214 valence electrons. The van der Waals surface area contributed by atoms with E-state index >= 15 is 0 Å². The molecule has 3 heterocycles. The monoisotopic (exact) mass is 556 g/mol. The van der Waals surface area contributed by atoms with Crippen LogP contribution < -0.4 is 26.0 Å². The first-order valence-corrected chi connectivity index (χ1v) is 13.9. The van der Waals surface area contributed by atoms with E-state index in [4.69, 9.17) is 14.5 Å². The molecule has 2 N–H and O–H groups in total. The molecular formula is C31H36N6O4. The third kappa shape index (κ3) is 5.68. The van der Waals surface area contributed by atoms with Crippen molar-refractivity contribution in [1.82, 2.24) is 24.4 Å². The molecule has 10 nitrogen and oxygen atoms in total. The number of H-pyrrole nitrogens is 1. The van der Waals surface area contributed by atoms with Crippen LogP contribution >= 0.6 is 0 Å². The molecule has 4 aromatic rings. The second kappa shape index (κ2) is 11.9. The minimum Gasteiger partial charge on any atom is -0.493 e. The van der Waals surface area contributed by atoms with Crippen LogP contribution in [0.2, 0.25) is 0 Å². The zero-order chi connectivity index (χ0) is 29.1. The number of imidazole rings is 1. The summed E-state index contributed by atoms with van der Waals surface area (Å²) in [6.45, 7) is 9.63. The summed E-state index contributed by atoms with van der Waals surface area (Å²) in [5.74, 6) is 1.03. The number of carbonyl (C=O) groups is 1. The van der Waals surface area contributed by atoms with Gasteiger partial charge in [-0.15, -0.1) is 0 Å². The van der Waals surface area contributed by atoms with Crippen LogP contribution in [0.25, 0.3) is 11.3 Å². The highest BCUT2D eigenvalue weighted by atomic mass is 16.5. The fourth-order valence-corrected chi connectivity index (χ4v) is 5.49. The first-order valence-electron chi connectivity index (χ1n) is 13.9. The average Bonchev–Trinajstić information content (AvgIpc) is 3.42. The Morgan fingerprint density at radius 1 is 1.12 bits per heavy atom. The molecular weight excluding hydrogens is 520 g/mol. The van der Waals surface area contributed by atoms with Gasteiger partial charge in [0.05, 0.1) is 37.6 Å². The minimum absolute atomic E-state index is 0.180. The van der Waals surface area contributed by atoms with Gasteiger partial charge in [-0.05, 0) is 69.4 Å². The average molecular weight is 557 g/mol. The van der Waals surface area contributed by atoms with E-state index in [-0.39, 0.29) is 24.7 Å². The summed E-state index contributed by atoms with van der Waals surface area (Å²) in [7, 11) is 1.62. The SMILES string of the molecule is CCOc1cc2c(cc1OC)-c1c/c(=N\c3c(C)cc(C)cc3C)n(CCNC(=O)c3cnc[nH]3)c(=O)n1CCC2. The van der Waals surface area contributed by atoms with E-state index in [2.05, 4.69) is 34.3 Å². The molecule has 0 atom stereocenters. The summed E-state index contributed by atoms with van der Waals surface area (Å²) in [4.78, 5) is 38.4. The summed E-state index contributed by atoms with van der Waals surface area (Å²) in [6, 6.07) is 10.1. The van der Waals surface area contributed by atoms with Gasteiger partial charge in [0, 0.05) is 31.3 Å². The predicted molar refractivity (Wildman–Crippen MR) is 157 cm³/mol. The Morgan fingerprint density at radius 3 is 2.59 bits per heavy atom. The molecule has 1 amide bonds. The number of fused-ring (bicyclic) bond motifs is 3. The molecule has 0 spiro atoms. The third-order valence-electron chi connectivity index (χ3n) is 7.31. The van der Waals surface area contributed by atoms with Crippen molar-refractivity contribution in [2.75, 3.05) is 20.3 Å². The molecule has 0 saturated carbocycles. The van der Waals surface area contributed by atoms with Crippen LogP contribution in [0.15, 0.2) is 52.6 Å². The van der Waals surface area contributed by atoms with Crippen LogP contribution in [0.3, 0.4) is 0 Å². The standard InChI is InChI=1S/C31H36N6O4/c1-6-41-27-14-22-8-7-10-36-25(23(22)15-26(27)40-5)16-28(35-29-20(3)12-19(2)13-21(29)4)37(31(36)39)11-9-33-30(38)24-17-32-18-34-24/h12-18H,6-11H2,1-5H3,(H,32,34)(H,33,38)/b35-28+. The number of ether oxygens (including phenoxy) is 2. The van der Waals surface area contributed by atoms with Crippen LogP contribution in [0.1, 0.15) is 46.1 Å². The number of rotatable bonds is 8. The summed E-state index contributed by atoms with van der Waals surface area (Å²) in [5.41, 5.74) is 7.54. The molecule has 0 fully saturated rings. The van der Waals surface area contributed by atoms with Crippen LogP contribution in [0.5, 0.6) is 11.5 Å². The molecule has 0 radical (unpaired) electrons. The van der Waals surface area contributed by atoms with Crippen LogP contribution in [0.4, 0.5) is 5.69 Å². The quantitative estimate of drug-likeness (QED) is 0.341. The molecule has 1 aliphatic heterocycles. The number of hydrogen-bond acceptors (Lipinski definition) is 6. The topological polar surface area (TPSA) is 116 Å². The highest BCUT2D eigenvalue weighted by Gasteiger charge is 2.21. The smallest absolute Gasteiger partial charge is 0.330 e. The van der Waals surface area contributed by atoms with Crippen molar-refractivity contribution in [3.8, 4) is 22.8 Å². The van der Waals surface area contributed by atoms with Gasteiger partial charge in [0.15, 0.2) is 11.5 Å². The van der Waals surface area contributed by atoms with Crippen LogP contribution in [-0.4, -0.2) is 45.3 Å². The highest BCUT2D eigenvalue weighted by molar-refractivity contribution is 5.91. The van der Waals surface area contributed by atoms with Gasteiger partial charge in [-0.3, -0.25) is 13.9 Å².